The average Bonchev–Trinajstić information content (AvgIpc) is 2.18. The Morgan fingerprint density at radius 1 is 1.50 bits per heavy atom. The first-order valence-corrected chi connectivity index (χ1v) is 6.25. The Balaban J connectivity index is 2.60. The molecule has 0 saturated carbocycles. The highest BCUT2D eigenvalue weighted by Gasteiger charge is 2.46. The van der Waals surface area contributed by atoms with Crippen molar-refractivity contribution in [3.63, 3.8) is 0 Å². The maximum atomic E-state index is 13.8. The number of rotatable bonds is 2. The van der Waals surface area contributed by atoms with Crippen LogP contribution in [0.25, 0.3) is 0 Å². The summed E-state index contributed by atoms with van der Waals surface area (Å²) in [5, 5.41) is 2.75. The van der Waals surface area contributed by atoms with Gasteiger partial charge in [-0.2, -0.15) is 0 Å². The summed E-state index contributed by atoms with van der Waals surface area (Å²) in [5.74, 6) is -2.91. The van der Waals surface area contributed by atoms with Gasteiger partial charge in [0, 0.05) is 6.54 Å². The molecule has 0 aromatic carbocycles. The number of hydrogen-bond acceptors (Lipinski definition) is 3. The zero-order valence-electron chi connectivity index (χ0n) is 11.4. The Morgan fingerprint density at radius 2 is 2.11 bits per heavy atom. The summed E-state index contributed by atoms with van der Waals surface area (Å²) in [4.78, 5) is 12.8. The zero-order valence-corrected chi connectivity index (χ0v) is 11.4. The van der Waals surface area contributed by atoms with E-state index >= 15 is 0 Å². The summed E-state index contributed by atoms with van der Waals surface area (Å²) >= 11 is 0. The molecule has 0 aromatic rings. The summed E-state index contributed by atoms with van der Waals surface area (Å²) in [5.41, 5.74) is -0.662. The van der Waals surface area contributed by atoms with Gasteiger partial charge in [0.05, 0.1) is 12.6 Å². The molecule has 106 valence electrons. The van der Waals surface area contributed by atoms with Gasteiger partial charge in [0.2, 0.25) is 0 Å². The van der Waals surface area contributed by atoms with Gasteiger partial charge in [-0.3, -0.25) is 0 Å². The predicted molar refractivity (Wildman–Crippen MR) is 64.8 cm³/mol. The van der Waals surface area contributed by atoms with Crippen molar-refractivity contribution in [3.8, 4) is 0 Å². The summed E-state index contributed by atoms with van der Waals surface area (Å²) in [7, 11) is 0. The minimum atomic E-state index is -2.91. The average molecular weight is 264 g/mol. The highest BCUT2D eigenvalue weighted by atomic mass is 19.3. The minimum Gasteiger partial charge on any atom is -0.444 e. The molecule has 1 saturated heterocycles. The number of halogens is 2. The Kier molecular flexibility index (Phi) is 4.53. The number of amides is 1. The molecule has 1 heterocycles. The Labute approximate surface area is 107 Å². The van der Waals surface area contributed by atoms with E-state index in [9.17, 15) is 13.6 Å². The highest BCUT2D eigenvalue weighted by molar-refractivity contribution is 5.68. The number of alkyl halides is 2. The maximum Gasteiger partial charge on any atom is 0.410 e. The fourth-order valence-electron chi connectivity index (χ4n) is 1.92. The van der Waals surface area contributed by atoms with Crippen molar-refractivity contribution < 1.29 is 18.3 Å². The molecule has 1 rings (SSSR count). The molecule has 6 heteroatoms. The lowest BCUT2D eigenvalue weighted by Crippen LogP contribution is -2.58. The summed E-state index contributed by atoms with van der Waals surface area (Å²) in [6.07, 6.45) is -0.433. The van der Waals surface area contributed by atoms with Gasteiger partial charge >= 0.3 is 6.09 Å². The van der Waals surface area contributed by atoms with E-state index in [1.165, 1.54) is 0 Å². The van der Waals surface area contributed by atoms with Crippen LogP contribution < -0.4 is 5.32 Å². The number of piperidine rings is 1. The number of carbonyl (C=O) groups excluding carboxylic acids is 1. The first-order chi connectivity index (χ1) is 8.15. The van der Waals surface area contributed by atoms with Crippen LogP contribution in [0, 0.1) is 0 Å². The lowest BCUT2D eigenvalue weighted by molar-refractivity contribution is -0.0909. The van der Waals surface area contributed by atoms with Crippen LogP contribution in [0.15, 0.2) is 0 Å². The number of ether oxygens (including phenoxy) is 1. The molecular formula is C12H22F2N2O2. The lowest BCUT2D eigenvalue weighted by Gasteiger charge is -2.39. The topological polar surface area (TPSA) is 41.6 Å². The molecule has 1 aliphatic rings. The van der Waals surface area contributed by atoms with Gasteiger partial charge in [0.1, 0.15) is 5.60 Å². The number of hydrogen-bond donors (Lipinski definition) is 1. The molecular weight excluding hydrogens is 242 g/mol. The van der Waals surface area contributed by atoms with Crippen LogP contribution in [0.2, 0.25) is 0 Å². The second-order valence-corrected chi connectivity index (χ2v) is 5.56. The maximum absolute atomic E-state index is 13.8. The third kappa shape index (κ3) is 4.08. The van der Waals surface area contributed by atoms with E-state index in [4.69, 9.17) is 4.74 Å². The van der Waals surface area contributed by atoms with Crippen LogP contribution in [0.1, 0.15) is 34.1 Å². The first-order valence-electron chi connectivity index (χ1n) is 6.25. The molecule has 1 amide bonds. The van der Waals surface area contributed by atoms with Crippen LogP contribution in [-0.4, -0.2) is 48.2 Å². The monoisotopic (exact) mass is 264 g/mol. The van der Waals surface area contributed by atoms with E-state index in [0.717, 1.165) is 4.90 Å². The van der Waals surface area contributed by atoms with E-state index in [1.54, 1.807) is 27.7 Å². The fraction of sp³-hybridized carbons (Fsp3) is 0.917. The normalized spacial score (nSPS) is 23.9. The van der Waals surface area contributed by atoms with Crippen molar-refractivity contribution in [1.82, 2.24) is 10.2 Å². The minimum absolute atomic E-state index is 0.236. The van der Waals surface area contributed by atoms with E-state index in [-0.39, 0.29) is 6.42 Å². The van der Waals surface area contributed by atoms with Gasteiger partial charge in [-0.1, -0.05) is 6.92 Å². The smallest absolute Gasteiger partial charge is 0.410 e. The second-order valence-electron chi connectivity index (χ2n) is 5.56. The van der Waals surface area contributed by atoms with Gasteiger partial charge in [-0.05, 0) is 33.7 Å². The quantitative estimate of drug-likeness (QED) is 0.831. The van der Waals surface area contributed by atoms with Crippen molar-refractivity contribution in [2.45, 2.75) is 51.7 Å². The van der Waals surface area contributed by atoms with Crippen LogP contribution in [-0.2, 0) is 4.74 Å². The molecule has 1 unspecified atom stereocenters. The van der Waals surface area contributed by atoms with E-state index in [1.807, 2.05) is 0 Å². The number of carbonyl (C=O) groups is 1. The van der Waals surface area contributed by atoms with Gasteiger partial charge in [-0.25, -0.2) is 13.6 Å². The van der Waals surface area contributed by atoms with Crippen molar-refractivity contribution >= 4 is 6.09 Å². The first kappa shape index (κ1) is 15.1. The second kappa shape index (κ2) is 5.38. The number of nitrogens with one attached hydrogen (secondary N) is 1. The van der Waals surface area contributed by atoms with Crippen molar-refractivity contribution in [2.75, 3.05) is 19.6 Å². The van der Waals surface area contributed by atoms with Gasteiger partial charge in [0.15, 0.2) is 0 Å². The molecule has 0 aromatic heterocycles. The number of nitrogens with zero attached hydrogens (tertiary/aromatic N) is 1. The lowest BCUT2D eigenvalue weighted by atomic mass is 10.0. The molecule has 0 radical (unpaired) electrons. The van der Waals surface area contributed by atoms with Crippen LogP contribution >= 0.6 is 0 Å². The Morgan fingerprint density at radius 3 is 2.56 bits per heavy atom. The van der Waals surface area contributed by atoms with Gasteiger partial charge < -0.3 is 15.0 Å². The van der Waals surface area contributed by atoms with Crippen LogP contribution in [0.5, 0.6) is 0 Å². The number of likely N-dealkylation sites (tertiary alicyclic amines) is 1. The molecule has 1 N–H and O–H groups in total. The van der Waals surface area contributed by atoms with Gasteiger partial charge in [0.25, 0.3) is 5.92 Å². The molecule has 0 spiro atoms. The predicted octanol–water partition coefficient (Wildman–Crippen LogP) is 2.24. The van der Waals surface area contributed by atoms with Crippen LogP contribution in [0.3, 0.4) is 0 Å². The van der Waals surface area contributed by atoms with E-state index in [2.05, 4.69) is 5.32 Å². The molecule has 1 fully saturated rings. The van der Waals surface area contributed by atoms with E-state index in [0.29, 0.717) is 13.1 Å². The Hall–Kier alpha value is -0.910. The molecule has 0 aliphatic carbocycles. The standard InChI is InChI=1S/C12H22F2N2O2/c1-5-15-9-6-7-16(8-12(9,13)14)10(17)18-11(2,3)4/h9,15H,5-8H2,1-4H3. The molecule has 18 heavy (non-hydrogen) atoms. The summed E-state index contributed by atoms with van der Waals surface area (Å²) in [6.45, 7) is 7.14. The summed E-state index contributed by atoms with van der Waals surface area (Å²) < 4.78 is 32.7. The third-order valence-electron chi connectivity index (χ3n) is 2.70. The third-order valence-corrected chi connectivity index (χ3v) is 2.70. The van der Waals surface area contributed by atoms with Crippen molar-refractivity contribution in [3.05, 3.63) is 0 Å². The highest BCUT2D eigenvalue weighted by Crippen LogP contribution is 2.28. The summed E-state index contributed by atoms with van der Waals surface area (Å²) in [6, 6.07) is -0.860. The molecule has 1 atom stereocenters. The SMILES string of the molecule is CCNC1CCN(C(=O)OC(C)(C)C)CC1(F)F. The Bertz CT molecular complexity index is 303. The molecule has 1 aliphatic heterocycles. The fourth-order valence-corrected chi connectivity index (χ4v) is 1.92. The molecule has 0 bridgehead atoms. The van der Waals surface area contributed by atoms with Crippen molar-refractivity contribution in [2.24, 2.45) is 0 Å². The zero-order chi connectivity index (χ0) is 14.0. The van der Waals surface area contributed by atoms with Crippen LogP contribution in [0.4, 0.5) is 13.6 Å². The van der Waals surface area contributed by atoms with Crippen molar-refractivity contribution in [1.29, 1.82) is 0 Å². The largest absolute Gasteiger partial charge is 0.444 e. The molecule has 4 nitrogen and oxygen atoms in total. The van der Waals surface area contributed by atoms with Gasteiger partial charge in [-0.15, -0.1) is 0 Å². The van der Waals surface area contributed by atoms with E-state index < -0.39 is 30.2 Å².